The standard InChI is InChI=1S/C15H20O4/c1-14(2)9-6-7-15(14,3)11(8-9)19-12-5-4-10(18-12)13(16)17/h4-5,9,11H,6-8H2,1-3H3,(H,16,17). The number of carboxylic acid groups (broad SMARTS) is 1. The van der Waals surface area contributed by atoms with E-state index in [9.17, 15) is 4.79 Å². The molecule has 2 bridgehead atoms. The number of rotatable bonds is 3. The summed E-state index contributed by atoms with van der Waals surface area (Å²) in [6, 6.07) is 3.05. The highest BCUT2D eigenvalue weighted by atomic mass is 16.6. The second kappa shape index (κ2) is 3.78. The first-order valence-corrected chi connectivity index (χ1v) is 6.84. The Bertz CT molecular complexity index is 516. The molecule has 104 valence electrons. The summed E-state index contributed by atoms with van der Waals surface area (Å²) in [5.74, 6) is -0.111. The predicted molar refractivity (Wildman–Crippen MR) is 69.3 cm³/mol. The fourth-order valence-electron chi connectivity index (χ4n) is 3.95. The molecule has 3 unspecified atom stereocenters. The molecule has 3 atom stereocenters. The summed E-state index contributed by atoms with van der Waals surface area (Å²) in [6.45, 7) is 6.92. The smallest absolute Gasteiger partial charge is 0.371 e. The molecule has 1 aromatic rings. The lowest BCUT2D eigenvalue weighted by Gasteiger charge is -2.38. The van der Waals surface area contributed by atoms with E-state index < -0.39 is 5.97 Å². The number of carbonyl (C=O) groups is 1. The number of hydrogen-bond donors (Lipinski definition) is 1. The molecule has 0 saturated heterocycles. The average molecular weight is 264 g/mol. The molecule has 0 radical (unpaired) electrons. The minimum Gasteiger partial charge on any atom is -0.475 e. The number of carboxylic acids is 1. The van der Waals surface area contributed by atoms with E-state index in [4.69, 9.17) is 14.3 Å². The van der Waals surface area contributed by atoms with E-state index in [1.54, 1.807) is 6.07 Å². The molecule has 0 spiro atoms. The summed E-state index contributed by atoms with van der Waals surface area (Å²) >= 11 is 0. The van der Waals surface area contributed by atoms with Crippen molar-refractivity contribution in [2.75, 3.05) is 0 Å². The van der Waals surface area contributed by atoms with Crippen molar-refractivity contribution in [2.24, 2.45) is 16.7 Å². The van der Waals surface area contributed by atoms with Crippen LogP contribution in [-0.4, -0.2) is 17.2 Å². The van der Waals surface area contributed by atoms with Crippen LogP contribution in [0, 0.1) is 16.7 Å². The Hall–Kier alpha value is -1.45. The number of aromatic carboxylic acids is 1. The van der Waals surface area contributed by atoms with Crippen LogP contribution in [0.2, 0.25) is 0 Å². The largest absolute Gasteiger partial charge is 0.475 e. The molecule has 0 aliphatic heterocycles. The Morgan fingerprint density at radius 3 is 2.63 bits per heavy atom. The van der Waals surface area contributed by atoms with Gasteiger partial charge in [-0.05, 0) is 36.7 Å². The van der Waals surface area contributed by atoms with Crippen molar-refractivity contribution in [1.29, 1.82) is 0 Å². The molecule has 0 aromatic carbocycles. The van der Waals surface area contributed by atoms with E-state index in [0.29, 0.717) is 11.9 Å². The van der Waals surface area contributed by atoms with Crippen molar-refractivity contribution < 1.29 is 19.1 Å². The van der Waals surface area contributed by atoms with Crippen molar-refractivity contribution in [3.63, 3.8) is 0 Å². The molecule has 1 aromatic heterocycles. The average Bonchev–Trinajstić information content (AvgIpc) is 2.92. The van der Waals surface area contributed by atoms with Gasteiger partial charge < -0.3 is 14.3 Å². The highest BCUT2D eigenvalue weighted by molar-refractivity contribution is 5.84. The molecular weight excluding hydrogens is 244 g/mol. The van der Waals surface area contributed by atoms with Gasteiger partial charge in [0.15, 0.2) is 0 Å². The number of ether oxygens (including phenoxy) is 1. The van der Waals surface area contributed by atoms with Crippen LogP contribution in [0.5, 0.6) is 5.95 Å². The highest BCUT2D eigenvalue weighted by Gasteiger charge is 2.62. The van der Waals surface area contributed by atoms with E-state index in [-0.39, 0.29) is 22.7 Å². The molecule has 3 rings (SSSR count). The molecule has 19 heavy (non-hydrogen) atoms. The van der Waals surface area contributed by atoms with Crippen LogP contribution >= 0.6 is 0 Å². The third-order valence-corrected chi connectivity index (χ3v) is 5.76. The Morgan fingerprint density at radius 1 is 1.42 bits per heavy atom. The van der Waals surface area contributed by atoms with Gasteiger partial charge in [0.1, 0.15) is 6.10 Å². The SMILES string of the molecule is CC1(C)C2CCC1(C)C(Oc1ccc(C(=O)O)o1)C2. The zero-order valence-corrected chi connectivity index (χ0v) is 11.6. The second-order valence-corrected chi connectivity index (χ2v) is 6.64. The maximum atomic E-state index is 10.8. The summed E-state index contributed by atoms with van der Waals surface area (Å²) in [5, 5.41) is 8.85. The van der Waals surface area contributed by atoms with Gasteiger partial charge in [-0.3, -0.25) is 0 Å². The molecule has 2 saturated carbocycles. The molecular formula is C15H20O4. The minimum atomic E-state index is -1.06. The molecule has 2 aliphatic carbocycles. The van der Waals surface area contributed by atoms with E-state index in [2.05, 4.69) is 20.8 Å². The van der Waals surface area contributed by atoms with Crippen LogP contribution in [0.4, 0.5) is 0 Å². The van der Waals surface area contributed by atoms with E-state index in [1.165, 1.54) is 18.9 Å². The van der Waals surface area contributed by atoms with Crippen molar-refractivity contribution >= 4 is 5.97 Å². The lowest BCUT2D eigenvalue weighted by atomic mass is 9.70. The maximum absolute atomic E-state index is 10.8. The van der Waals surface area contributed by atoms with Crippen LogP contribution in [0.25, 0.3) is 0 Å². The lowest BCUT2D eigenvalue weighted by molar-refractivity contribution is 0.0142. The third kappa shape index (κ3) is 1.62. The second-order valence-electron chi connectivity index (χ2n) is 6.64. The first kappa shape index (κ1) is 12.6. The third-order valence-electron chi connectivity index (χ3n) is 5.76. The molecule has 1 N–H and O–H groups in total. The monoisotopic (exact) mass is 264 g/mol. The van der Waals surface area contributed by atoms with Gasteiger partial charge >= 0.3 is 5.97 Å². The summed E-state index contributed by atoms with van der Waals surface area (Å²) in [5.41, 5.74) is 0.424. The molecule has 4 heteroatoms. The molecule has 2 fully saturated rings. The van der Waals surface area contributed by atoms with Crippen LogP contribution in [0.15, 0.2) is 16.5 Å². The van der Waals surface area contributed by atoms with Gasteiger partial charge in [-0.25, -0.2) is 4.79 Å². The summed E-state index contributed by atoms with van der Waals surface area (Å²) in [4.78, 5) is 10.8. The predicted octanol–water partition coefficient (Wildman–Crippen LogP) is 3.57. The Labute approximate surface area is 112 Å². The van der Waals surface area contributed by atoms with Crippen LogP contribution < -0.4 is 4.74 Å². The molecule has 1 heterocycles. The highest BCUT2D eigenvalue weighted by Crippen LogP contribution is 2.66. The van der Waals surface area contributed by atoms with E-state index in [0.717, 1.165) is 6.42 Å². The number of hydrogen-bond acceptors (Lipinski definition) is 3. The lowest BCUT2D eigenvalue weighted by Crippen LogP contribution is -2.38. The normalized spacial score (nSPS) is 35.5. The van der Waals surface area contributed by atoms with Crippen molar-refractivity contribution in [3.8, 4) is 5.95 Å². The molecule has 0 amide bonds. The van der Waals surface area contributed by atoms with Crippen LogP contribution in [0.3, 0.4) is 0 Å². The van der Waals surface area contributed by atoms with Gasteiger partial charge in [-0.1, -0.05) is 20.8 Å². The Kier molecular flexibility index (Phi) is 2.50. The topological polar surface area (TPSA) is 59.7 Å². The maximum Gasteiger partial charge on any atom is 0.371 e. The van der Waals surface area contributed by atoms with Crippen molar-refractivity contribution in [2.45, 2.75) is 46.1 Å². The summed E-state index contributed by atoms with van der Waals surface area (Å²) < 4.78 is 11.2. The fraction of sp³-hybridized carbons (Fsp3) is 0.667. The summed E-state index contributed by atoms with van der Waals surface area (Å²) in [6.07, 6.45) is 3.59. The number of furan rings is 1. The van der Waals surface area contributed by atoms with E-state index >= 15 is 0 Å². The fourth-order valence-corrected chi connectivity index (χ4v) is 3.95. The van der Waals surface area contributed by atoms with Gasteiger partial charge in [-0.15, -0.1) is 0 Å². The zero-order valence-electron chi connectivity index (χ0n) is 11.6. The van der Waals surface area contributed by atoms with Crippen LogP contribution in [0.1, 0.15) is 50.6 Å². The van der Waals surface area contributed by atoms with Gasteiger partial charge in [0.05, 0.1) is 0 Å². The van der Waals surface area contributed by atoms with Gasteiger partial charge in [0.25, 0.3) is 5.95 Å². The van der Waals surface area contributed by atoms with Gasteiger partial charge in [0, 0.05) is 11.5 Å². The van der Waals surface area contributed by atoms with Gasteiger partial charge in [0.2, 0.25) is 5.76 Å². The first-order valence-electron chi connectivity index (χ1n) is 6.84. The Balaban J connectivity index is 1.80. The van der Waals surface area contributed by atoms with E-state index in [1.807, 2.05) is 0 Å². The summed E-state index contributed by atoms with van der Waals surface area (Å²) in [7, 11) is 0. The van der Waals surface area contributed by atoms with Crippen molar-refractivity contribution in [3.05, 3.63) is 17.9 Å². The number of fused-ring (bicyclic) bond motifs is 2. The van der Waals surface area contributed by atoms with Crippen LogP contribution in [-0.2, 0) is 0 Å². The quantitative estimate of drug-likeness (QED) is 0.906. The molecule has 4 nitrogen and oxygen atoms in total. The first-order chi connectivity index (χ1) is 8.84. The minimum absolute atomic E-state index is 0.0671. The van der Waals surface area contributed by atoms with Gasteiger partial charge in [-0.2, -0.15) is 0 Å². The zero-order chi connectivity index (χ0) is 13.8. The Morgan fingerprint density at radius 2 is 2.16 bits per heavy atom. The van der Waals surface area contributed by atoms with Crippen molar-refractivity contribution in [1.82, 2.24) is 0 Å². The molecule has 2 aliphatic rings.